The topological polar surface area (TPSA) is 59.1 Å². The van der Waals surface area contributed by atoms with E-state index < -0.39 is 0 Å². The Bertz CT molecular complexity index is 344. The van der Waals surface area contributed by atoms with Crippen molar-refractivity contribution in [1.82, 2.24) is 9.97 Å². The summed E-state index contributed by atoms with van der Waals surface area (Å²) in [4.78, 5) is 8.63. The minimum Gasteiger partial charge on any atom is -0.380 e. The molecule has 1 aromatic heterocycles. The van der Waals surface area contributed by atoms with Crippen LogP contribution in [0.25, 0.3) is 0 Å². The SMILES string of the molecule is CCCCOCCNc1cc(NCC)nc(C)n1. The molecule has 0 fully saturated rings. The molecule has 1 heterocycles. The molecule has 102 valence electrons. The van der Waals surface area contributed by atoms with Gasteiger partial charge in [-0.05, 0) is 20.3 Å². The molecule has 0 spiro atoms. The summed E-state index contributed by atoms with van der Waals surface area (Å²) in [6.07, 6.45) is 2.29. The lowest BCUT2D eigenvalue weighted by atomic mass is 10.4. The fraction of sp³-hybridized carbons (Fsp3) is 0.692. The number of aromatic nitrogens is 2. The van der Waals surface area contributed by atoms with Crippen LogP contribution in [0.15, 0.2) is 6.07 Å². The van der Waals surface area contributed by atoms with Gasteiger partial charge in [-0.2, -0.15) is 0 Å². The zero-order valence-electron chi connectivity index (χ0n) is 11.6. The van der Waals surface area contributed by atoms with E-state index in [1.165, 1.54) is 6.42 Å². The monoisotopic (exact) mass is 252 g/mol. The summed E-state index contributed by atoms with van der Waals surface area (Å²) in [5.41, 5.74) is 0. The van der Waals surface area contributed by atoms with Crippen LogP contribution in [0.1, 0.15) is 32.5 Å². The van der Waals surface area contributed by atoms with E-state index in [1.54, 1.807) is 0 Å². The van der Waals surface area contributed by atoms with Gasteiger partial charge in [-0.1, -0.05) is 13.3 Å². The molecule has 0 saturated carbocycles. The van der Waals surface area contributed by atoms with Crippen molar-refractivity contribution in [1.29, 1.82) is 0 Å². The first-order valence-corrected chi connectivity index (χ1v) is 6.67. The minimum absolute atomic E-state index is 0.708. The van der Waals surface area contributed by atoms with E-state index in [0.29, 0.717) is 6.61 Å². The summed E-state index contributed by atoms with van der Waals surface area (Å²) < 4.78 is 5.48. The van der Waals surface area contributed by atoms with Crippen LogP contribution in [-0.4, -0.2) is 36.3 Å². The van der Waals surface area contributed by atoms with Crippen LogP contribution in [0.2, 0.25) is 0 Å². The average Bonchev–Trinajstić information content (AvgIpc) is 2.33. The van der Waals surface area contributed by atoms with Gasteiger partial charge in [0, 0.05) is 25.8 Å². The largest absolute Gasteiger partial charge is 0.380 e. The number of hydrogen-bond donors (Lipinski definition) is 2. The Morgan fingerprint density at radius 3 is 2.50 bits per heavy atom. The van der Waals surface area contributed by atoms with Gasteiger partial charge < -0.3 is 15.4 Å². The predicted molar refractivity (Wildman–Crippen MR) is 75.1 cm³/mol. The zero-order chi connectivity index (χ0) is 13.2. The summed E-state index contributed by atoms with van der Waals surface area (Å²) in [6.45, 7) is 9.27. The molecule has 0 amide bonds. The van der Waals surface area contributed by atoms with Crippen molar-refractivity contribution < 1.29 is 4.74 Å². The summed E-state index contributed by atoms with van der Waals surface area (Å²) in [7, 11) is 0. The maximum absolute atomic E-state index is 5.48. The van der Waals surface area contributed by atoms with E-state index in [9.17, 15) is 0 Å². The number of anilines is 2. The van der Waals surface area contributed by atoms with Crippen molar-refractivity contribution >= 4 is 11.6 Å². The van der Waals surface area contributed by atoms with Gasteiger partial charge in [0.1, 0.15) is 17.5 Å². The van der Waals surface area contributed by atoms with E-state index in [0.717, 1.165) is 43.6 Å². The molecule has 0 aliphatic carbocycles. The minimum atomic E-state index is 0.708. The first-order valence-electron chi connectivity index (χ1n) is 6.67. The Balaban J connectivity index is 2.32. The Kier molecular flexibility index (Phi) is 7.10. The fourth-order valence-electron chi connectivity index (χ4n) is 1.53. The Labute approximate surface area is 109 Å². The van der Waals surface area contributed by atoms with Crippen LogP contribution in [0.3, 0.4) is 0 Å². The third-order valence-corrected chi connectivity index (χ3v) is 2.39. The number of unbranched alkanes of at least 4 members (excludes halogenated alkanes) is 1. The molecule has 5 nitrogen and oxygen atoms in total. The number of ether oxygens (including phenoxy) is 1. The molecular formula is C13H24N4O. The van der Waals surface area contributed by atoms with Gasteiger partial charge >= 0.3 is 0 Å². The second kappa shape index (κ2) is 8.69. The van der Waals surface area contributed by atoms with Gasteiger partial charge in [0.15, 0.2) is 0 Å². The summed E-state index contributed by atoms with van der Waals surface area (Å²) in [6, 6.07) is 1.92. The van der Waals surface area contributed by atoms with Gasteiger partial charge in [-0.3, -0.25) is 0 Å². The van der Waals surface area contributed by atoms with Crippen LogP contribution in [-0.2, 0) is 4.74 Å². The molecule has 0 aromatic carbocycles. The Hall–Kier alpha value is -1.36. The molecular weight excluding hydrogens is 228 g/mol. The molecule has 0 aliphatic heterocycles. The molecule has 0 aliphatic rings. The molecule has 5 heteroatoms. The van der Waals surface area contributed by atoms with Gasteiger partial charge in [-0.15, -0.1) is 0 Å². The van der Waals surface area contributed by atoms with Crippen molar-refractivity contribution in [3.63, 3.8) is 0 Å². The molecule has 0 saturated heterocycles. The van der Waals surface area contributed by atoms with Crippen molar-refractivity contribution in [2.24, 2.45) is 0 Å². The van der Waals surface area contributed by atoms with E-state index in [4.69, 9.17) is 4.74 Å². The fourth-order valence-corrected chi connectivity index (χ4v) is 1.53. The Morgan fingerprint density at radius 1 is 1.11 bits per heavy atom. The normalized spacial score (nSPS) is 10.4. The van der Waals surface area contributed by atoms with Crippen LogP contribution >= 0.6 is 0 Å². The van der Waals surface area contributed by atoms with Crippen molar-refractivity contribution in [3.05, 3.63) is 11.9 Å². The molecule has 0 bridgehead atoms. The highest BCUT2D eigenvalue weighted by atomic mass is 16.5. The smallest absolute Gasteiger partial charge is 0.131 e. The van der Waals surface area contributed by atoms with Crippen molar-refractivity contribution in [3.8, 4) is 0 Å². The van der Waals surface area contributed by atoms with Crippen LogP contribution in [0, 0.1) is 6.92 Å². The third-order valence-electron chi connectivity index (χ3n) is 2.39. The summed E-state index contributed by atoms with van der Waals surface area (Å²) in [5.74, 6) is 2.47. The highest BCUT2D eigenvalue weighted by Crippen LogP contribution is 2.10. The highest BCUT2D eigenvalue weighted by molar-refractivity contribution is 5.47. The molecule has 1 aromatic rings. The number of aryl methyl sites for hydroxylation is 1. The van der Waals surface area contributed by atoms with Crippen LogP contribution in [0.5, 0.6) is 0 Å². The van der Waals surface area contributed by atoms with Crippen LogP contribution < -0.4 is 10.6 Å². The van der Waals surface area contributed by atoms with Gasteiger partial charge in [-0.25, -0.2) is 9.97 Å². The lowest BCUT2D eigenvalue weighted by Gasteiger charge is -2.09. The Morgan fingerprint density at radius 2 is 1.83 bits per heavy atom. The second-order valence-electron chi connectivity index (χ2n) is 4.11. The van der Waals surface area contributed by atoms with Crippen LogP contribution in [0.4, 0.5) is 11.6 Å². The molecule has 0 radical (unpaired) electrons. The lowest BCUT2D eigenvalue weighted by Crippen LogP contribution is -2.12. The maximum Gasteiger partial charge on any atom is 0.131 e. The second-order valence-corrected chi connectivity index (χ2v) is 4.11. The maximum atomic E-state index is 5.48. The lowest BCUT2D eigenvalue weighted by molar-refractivity contribution is 0.141. The molecule has 0 unspecified atom stereocenters. The van der Waals surface area contributed by atoms with E-state index in [-0.39, 0.29) is 0 Å². The van der Waals surface area contributed by atoms with Gasteiger partial charge in [0.2, 0.25) is 0 Å². The van der Waals surface area contributed by atoms with E-state index in [1.807, 2.05) is 19.9 Å². The van der Waals surface area contributed by atoms with Gasteiger partial charge in [0.25, 0.3) is 0 Å². The first kappa shape index (κ1) is 14.7. The standard InChI is InChI=1S/C13H24N4O/c1-4-6-8-18-9-7-15-13-10-12(14-5-2)16-11(3)17-13/h10H,4-9H2,1-3H3,(H2,14,15,16,17). The predicted octanol–water partition coefficient (Wildman–Crippen LogP) is 2.45. The zero-order valence-corrected chi connectivity index (χ0v) is 11.6. The first-order chi connectivity index (χ1) is 8.76. The number of nitrogens with zero attached hydrogens (tertiary/aromatic N) is 2. The third kappa shape index (κ3) is 5.82. The van der Waals surface area contributed by atoms with E-state index in [2.05, 4.69) is 27.5 Å². The number of rotatable bonds is 9. The van der Waals surface area contributed by atoms with Crippen molar-refractivity contribution in [2.75, 3.05) is 36.9 Å². The van der Waals surface area contributed by atoms with Gasteiger partial charge in [0.05, 0.1) is 6.61 Å². The molecule has 18 heavy (non-hydrogen) atoms. The summed E-state index contributed by atoms with van der Waals surface area (Å²) >= 11 is 0. The summed E-state index contributed by atoms with van der Waals surface area (Å²) in [5, 5.41) is 6.43. The van der Waals surface area contributed by atoms with E-state index >= 15 is 0 Å². The molecule has 1 rings (SSSR count). The quantitative estimate of drug-likeness (QED) is 0.661. The molecule has 2 N–H and O–H groups in total. The molecule has 0 atom stereocenters. The highest BCUT2D eigenvalue weighted by Gasteiger charge is 2.00. The average molecular weight is 252 g/mol. The number of nitrogens with one attached hydrogen (secondary N) is 2. The number of hydrogen-bond acceptors (Lipinski definition) is 5. The van der Waals surface area contributed by atoms with Crippen molar-refractivity contribution in [2.45, 2.75) is 33.6 Å².